The van der Waals surface area contributed by atoms with Crippen molar-refractivity contribution in [3.63, 3.8) is 0 Å². The highest BCUT2D eigenvalue weighted by atomic mass is 16.5. The second-order valence-corrected chi connectivity index (χ2v) is 6.60. The lowest BCUT2D eigenvalue weighted by Gasteiger charge is -2.35. The average molecular weight is 332 g/mol. The Hall–Kier alpha value is -2.22. The molecule has 2 aromatic heterocycles. The molecule has 0 bridgehead atoms. The van der Waals surface area contributed by atoms with Crippen molar-refractivity contribution in [3.8, 4) is 0 Å². The fourth-order valence-electron chi connectivity index (χ4n) is 2.94. The zero-order valence-electron chi connectivity index (χ0n) is 13.8. The highest BCUT2D eigenvalue weighted by molar-refractivity contribution is 5.78. The number of aryl methyl sites for hydroxylation is 1. The summed E-state index contributed by atoms with van der Waals surface area (Å²) in [6.45, 7) is 4.69. The van der Waals surface area contributed by atoms with E-state index >= 15 is 0 Å². The van der Waals surface area contributed by atoms with E-state index in [1.807, 2.05) is 6.92 Å². The number of ether oxygens (including phenoxy) is 1. The molecule has 0 radical (unpaired) electrons. The minimum absolute atomic E-state index is 0.00891. The number of hydrogen-bond donors (Lipinski definition) is 0. The highest BCUT2D eigenvalue weighted by Crippen LogP contribution is 2.38. The number of morpholine rings is 1. The van der Waals surface area contributed by atoms with E-state index in [2.05, 4.69) is 15.3 Å². The molecular formula is C16H20N4O4. The molecule has 8 heteroatoms. The molecule has 24 heavy (non-hydrogen) atoms. The summed E-state index contributed by atoms with van der Waals surface area (Å²) in [6, 6.07) is 1.78. The molecule has 3 heterocycles. The van der Waals surface area contributed by atoms with Crippen molar-refractivity contribution in [2.75, 3.05) is 13.1 Å². The lowest BCUT2D eigenvalue weighted by Crippen LogP contribution is -2.46. The van der Waals surface area contributed by atoms with Crippen molar-refractivity contribution in [2.24, 2.45) is 0 Å². The van der Waals surface area contributed by atoms with Gasteiger partial charge in [-0.3, -0.25) is 4.79 Å². The summed E-state index contributed by atoms with van der Waals surface area (Å²) in [5.41, 5.74) is 0.641. The van der Waals surface area contributed by atoms with Gasteiger partial charge in [0, 0.05) is 18.5 Å². The van der Waals surface area contributed by atoms with Gasteiger partial charge >= 0.3 is 0 Å². The van der Waals surface area contributed by atoms with E-state index in [4.69, 9.17) is 13.8 Å². The molecule has 0 aromatic carbocycles. The van der Waals surface area contributed by atoms with Gasteiger partial charge < -0.3 is 18.7 Å². The van der Waals surface area contributed by atoms with Crippen LogP contribution >= 0.6 is 0 Å². The number of aromatic nitrogens is 3. The molecule has 2 aliphatic rings. The van der Waals surface area contributed by atoms with Crippen LogP contribution in [0.25, 0.3) is 0 Å². The largest absolute Gasteiger partial charge is 0.362 e. The van der Waals surface area contributed by atoms with Crippen molar-refractivity contribution in [3.05, 3.63) is 29.2 Å². The summed E-state index contributed by atoms with van der Waals surface area (Å²) >= 11 is 0. The Labute approximate surface area is 139 Å². The maximum Gasteiger partial charge on any atom is 0.257 e. The van der Waals surface area contributed by atoms with Gasteiger partial charge in [0.15, 0.2) is 11.9 Å². The Bertz CT molecular complexity index is 736. The van der Waals surface area contributed by atoms with Gasteiger partial charge in [-0.1, -0.05) is 10.3 Å². The molecule has 1 aliphatic heterocycles. The number of rotatable bonds is 4. The van der Waals surface area contributed by atoms with Crippen molar-refractivity contribution < 1.29 is 18.6 Å². The van der Waals surface area contributed by atoms with Crippen LogP contribution in [-0.4, -0.2) is 45.3 Å². The Morgan fingerprint density at radius 1 is 1.29 bits per heavy atom. The lowest BCUT2D eigenvalue weighted by molar-refractivity contribution is -0.146. The van der Waals surface area contributed by atoms with Gasteiger partial charge in [-0.25, -0.2) is 0 Å². The fraction of sp³-hybridized carbons (Fsp3) is 0.625. The summed E-state index contributed by atoms with van der Waals surface area (Å²) in [5, 5.41) is 7.91. The number of carbonyl (C=O) groups excluding carboxylic acids is 1. The molecular weight excluding hydrogens is 312 g/mol. The molecule has 2 aromatic rings. The van der Waals surface area contributed by atoms with E-state index in [0.717, 1.165) is 18.7 Å². The first-order valence-electron chi connectivity index (χ1n) is 8.27. The van der Waals surface area contributed by atoms with E-state index in [0.29, 0.717) is 36.4 Å². The van der Waals surface area contributed by atoms with Gasteiger partial charge in [0.1, 0.15) is 5.76 Å². The van der Waals surface area contributed by atoms with Crippen LogP contribution < -0.4 is 0 Å². The normalized spacial score (nSPS) is 24.3. The van der Waals surface area contributed by atoms with Crippen LogP contribution in [0.3, 0.4) is 0 Å². The predicted molar refractivity (Wildman–Crippen MR) is 81.1 cm³/mol. The molecule has 2 atom stereocenters. The van der Waals surface area contributed by atoms with Crippen LogP contribution in [0.1, 0.15) is 55.0 Å². The lowest BCUT2D eigenvalue weighted by atomic mass is 10.2. The zero-order valence-corrected chi connectivity index (χ0v) is 13.8. The predicted octanol–water partition coefficient (Wildman–Crippen LogP) is 1.77. The Balaban J connectivity index is 1.44. The monoisotopic (exact) mass is 332 g/mol. The Morgan fingerprint density at radius 2 is 2.12 bits per heavy atom. The molecule has 1 saturated carbocycles. The molecule has 4 rings (SSSR count). The summed E-state index contributed by atoms with van der Waals surface area (Å²) in [5.74, 6) is 2.33. The second kappa shape index (κ2) is 6.01. The third-order valence-electron chi connectivity index (χ3n) is 4.30. The summed E-state index contributed by atoms with van der Waals surface area (Å²) < 4.78 is 16.3. The first-order valence-corrected chi connectivity index (χ1v) is 8.27. The molecule has 8 nitrogen and oxygen atoms in total. The number of nitrogens with zero attached hydrogens (tertiary/aromatic N) is 4. The molecule has 2 fully saturated rings. The maximum absolute atomic E-state index is 12.5. The molecule has 1 aliphatic carbocycles. The SMILES string of the molecule is Cc1cc(CC(=O)N2C[C@@H](C)O[C@@H](c3nc(C4CC4)no3)C2)no1. The van der Waals surface area contributed by atoms with Gasteiger partial charge in [0.05, 0.1) is 24.8 Å². The summed E-state index contributed by atoms with van der Waals surface area (Å²) in [7, 11) is 0. The third kappa shape index (κ3) is 3.19. The van der Waals surface area contributed by atoms with E-state index in [9.17, 15) is 4.79 Å². The van der Waals surface area contributed by atoms with Crippen LogP contribution in [0.15, 0.2) is 15.1 Å². The van der Waals surface area contributed by atoms with Crippen molar-refractivity contribution in [1.82, 2.24) is 20.2 Å². The van der Waals surface area contributed by atoms with E-state index in [1.54, 1.807) is 17.9 Å². The Kier molecular flexibility index (Phi) is 3.84. The third-order valence-corrected chi connectivity index (χ3v) is 4.30. The maximum atomic E-state index is 12.5. The minimum atomic E-state index is -0.378. The van der Waals surface area contributed by atoms with Crippen molar-refractivity contribution in [2.45, 2.75) is 51.2 Å². The van der Waals surface area contributed by atoms with Gasteiger partial charge in [0.25, 0.3) is 5.89 Å². The van der Waals surface area contributed by atoms with E-state index in [1.165, 1.54) is 0 Å². The standard InChI is InChI=1S/C16H20N4O4/c1-9-5-12(18-23-9)6-14(21)20-7-10(2)22-13(8-20)16-17-15(19-24-16)11-3-4-11/h5,10-11,13H,3-4,6-8H2,1-2H3/t10-,13-/m1/s1. The topological polar surface area (TPSA) is 94.5 Å². The minimum Gasteiger partial charge on any atom is -0.362 e. The molecule has 1 saturated heterocycles. The van der Waals surface area contributed by atoms with Gasteiger partial charge in [-0.2, -0.15) is 4.98 Å². The van der Waals surface area contributed by atoms with E-state index < -0.39 is 0 Å². The zero-order chi connectivity index (χ0) is 16.7. The van der Waals surface area contributed by atoms with Crippen LogP contribution in [0.2, 0.25) is 0 Å². The Morgan fingerprint density at radius 3 is 2.83 bits per heavy atom. The summed E-state index contributed by atoms with van der Waals surface area (Å²) in [6.07, 6.45) is 1.97. The first-order chi connectivity index (χ1) is 11.6. The van der Waals surface area contributed by atoms with Crippen molar-refractivity contribution >= 4 is 5.91 Å². The van der Waals surface area contributed by atoms with Gasteiger partial charge in [-0.05, 0) is 26.7 Å². The molecule has 0 spiro atoms. The van der Waals surface area contributed by atoms with Crippen LogP contribution in [0.4, 0.5) is 0 Å². The molecule has 0 N–H and O–H groups in total. The average Bonchev–Trinajstić information content (AvgIpc) is 3.14. The molecule has 128 valence electrons. The number of carbonyl (C=O) groups is 1. The van der Waals surface area contributed by atoms with Gasteiger partial charge in [0.2, 0.25) is 5.91 Å². The van der Waals surface area contributed by atoms with E-state index in [-0.39, 0.29) is 24.5 Å². The van der Waals surface area contributed by atoms with Crippen molar-refractivity contribution in [1.29, 1.82) is 0 Å². The second-order valence-electron chi connectivity index (χ2n) is 6.60. The van der Waals surface area contributed by atoms with Crippen LogP contribution in [0.5, 0.6) is 0 Å². The number of hydrogen-bond acceptors (Lipinski definition) is 7. The van der Waals surface area contributed by atoms with Crippen LogP contribution in [0, 0.1) is 6.92 Å². The quantitative estimate of drug-likeness (QED) is 0.842. The molecule has 1 amide bonds. The van der Waals surface area contributed by atoms with Gasteiger partial charge in [-0.15, -0.1) is 0 Å². The highest BCUT2D eigenvalue weighted by Gasteiger charge is 2.35. The first kappa shape index (κ1) is 15.3. The fourth-order valence-corrected chi connectivity index (χ4v) is 2.94. The number of amides is 1. The summed E-state index contributed by atoms with van der Waals surface area (Å²) in [4.78, 5) is 18.8. The smallest absolute Gasteiger partial charge is 0.257 e. The van der Waals surface area contributed by atoms with Crippen LogP contribution in [-0.2, 0) is 16.0 Å². The molecule has 0 unspecified atom stereocenters.